The number of benzene rings is 2. The maximum absolute atomic E-state index is 12.3. The van der Waals surface area contributed by atoms with Gasteiger partial charge in [0.25, 0.3) is 0 Å². The Bertz CT molecular complexity index is 829. The molecule has 7 heteroatoms. The second-order valence-corrected chi connectivity index (χ2v) is 8.24. The summed E-state index contributed by atoms with van der Waals surface area (Å²) < 4.78 is 10.5. The van der Waals surface area contributed by atoms with Crippen LogP contribution in [-0.2, 0) is 9.53 Å². The number of hydrogen-bond acceptors (Lipinski definition) is 5. The van der Waals surface area contributed by atoms with Gasteiger partial charge in [-0.15, -0.1) is 11.8 Å². The van der Waals surface area contributed by atoms with Gasteiger partial charge in [-0.1, -0.05) is 17.7 Å². The number of thioether (sulfide) groups is 1. The lowest BCUT2D eigenvalue weighted by Gasteiger charge is -2.20. The topological polar surface area (TPSA) is 76.7 Å². The second-order valence-electron chi connectivity index (χ2n) is 7.19. The normalized spacial score (nSPS) is 10.9. The number of methoxy groups -OCH3 is 1. The van der Waals surface area contributed by atoms with E-state index >= 15 is 0 Å². The zero-order chi connectivity index (χ0) is 20.7. The number of hydrogen-bond donors (Lipinski definition) is 2. The first-order valence-corrected chi connectivity index (χ1v) is 9.82. The van der Waals surface area contributed by atoms with Crippen LogP contribution < -0.4 is 15.4 Å². The zero-order valence-electron chi connectivity index (χ0n) is 16.8. The van der Waals surface area contributed by atoms with Crippen LogP contribution in [0.5, 0.6) is 5.75 Å². The number of nitrogens with one attached hydrogen (secondary N) is 2. The van der Waals surface area contributed by atoms with Gasteiger partial charge in [0.2, 0.25) is 5.91 Å². The van der Waals surface area contributed by atoms with Crippen LogP contribution in [0.2, 0.25) is 0 Å². The van der Waals surface area contributed by atoms with E-state index in [0.29, 0.717) is 17.1 Å². The number of rotatable bonds is 6. The summed E-state index contributed by atoms with van der Waals surface area (Å²) in [5, 5.41) is 5.48. The van der Waals surface area contributed by atoms with Crippen molar-refractivity contribution in [1.82, 2.24) is 0 Å². The van der Waals surface area contributed by atoms with Gasteiger partial charge in [-0.2, -0.15) is 0 Å². The van der Waals surface area contributed by atoms with Crippen molar-refractivity contribution < 1.29 is 19.1 Å². The minimum absolute atomic E-state index is 0.140. The Balaban J connectivity index is 2.00. The fourth-order valence-electron chi connectivity index (χ4n) is 2.28. The van der Waals surface area contributed by atoms with Crippen molar-refractivity contribution in [3.05, 3.63) is 48.0 Å². The molecule has 2 aromatic rings. The van der Waals surface area contributed by atoms with Crippen LogP contribution in [0.3, 0.4) is 0 Å². The fourth-order valence-corrected chi connectivity index (χ4v) is 2.98. The SMILES string of the molecule is COc1ccc(NC(=O)CSc2ccc(C)cc2)cc1NC(=O)OC(C)(C)C. The van der Waals surface area contributed by atoms with Crippen LogP contribution >= 0.6 is 11.8 Å². The highest BCUT2D eigenvalue weighted by Crippen LogP contribution is 2.28. The van der Waals surface area contributed by atoms with Gasteiger partial charge in [-0.3, -0.25) is 10.1 Å². The molecule has 6 nitrogen and oxygen atoms in total. The van der Waals surface area contributed by atoms with Crippen molar-refractivity contribution in [1.29, 1.82) is 0 Å². The average Bonchev–Trinajstić information content (AvgIpc) is 2.60. The van der Waals surface area contributed by atoms with Crippen molar-refractivity contribution in [3.63, 3.8) is 0 Å². The highest BCUT2D eigenvalue weighted by molar-refractivity contribution is 8.00. The minimum atomic E-state index is -0.615. The Labute approximate surface area is 170 Å². The van der Waals surface area contributed by atoms with E-state index in [1.165, 1.54) is 24.4 Å². The highest BCUT2D eigenvalue weighted by Gasteiger charge is 2.18. The van der Waals surface area contributed by atoms with Crippen molar-refractivity contribution in [2.75, 3.05) is 23.5 Å². The van der Waals surface area contributed by atoms with Gasteiger partial charge >= 0.3 is 6.09 Å². The molecule has 0 saturated heterocycles. The molecule has 2 rings (SSSR count). The first-order valence-electron chi connectivity index (χ1n) is 8.83. The Morgan fingerprint density at radius 3 is 2.32 bits per heavy atom. The van der Waals surface area contributed by atoms with E-state index in [1.807, 2.05) is 31.2 Å². The highest BCUT2D eigenvalue weighted by atomic mass is 32.2. The van der Waals surface area contributed by atoms with Crippen LogP contribution in [0.25, 0.3) is 0 Å². The molecule has 2 amide bonds. The number of aryl methyl sites for hydroxylation is 1. The van der Waals surface area contributed by atoms with Crippen LogP contribution in [-0.4, -0.2) is 30.5 Å². The Morgan fingerprint density at radius 1 is 1.04 bits per heavy atom. The quantitative estimate of drug-likeness (QED) is 0.659. The molecule has 0 aromatic heterocycles. The molecular formula is C21H26N2O4S. The van der Waals surface area contributed by atoms with Gasteiger partial charge < -0.3 is 14.8 Å². The predicted molar refractivity (Wildman–Crippen MR) is 113 cm³/mol. The van der Waals surface area contributed by atoms with Crippen molar-refractivity contribution in [2.45, 2.75) is 38.2 Å². The molecule has 2 aromatic carbocycles. The molecule has 0 saturated carbocycles. The third-order valence-electron chi connectivity index (χ3n) is 3.51. The number of ether oxygens (including phenoxy) is 2. The lowest BCUT2D eigenvalue weighted by molar-refractivity contribution is -0.113. The van der Waals surface area contributed by atoms with E-state index in [1.54, 1.807) is 39.0 Å². The van der Waals surface area contributed by atoms with Gasteiger partial charge in [-0.05, 0) is 58.0 Å². The van der Waals surface area contributed by atoms with Gasteiger partial charge in [0.05, 0.1) is 18.6 Å². The molecule has 0 bridgehead atoms. The van der Waals surface area contributed by atoms with Crippen molar-refractivity contribution in [3.8, 4) is 5.75 Å². The molecule has 2 N–H and O–H groups in total. The summed E-state index contributed by atoms with van der Waals surface area (Å²) in [6.07, 6.45) is -0.593. The first kappa shape index (κ1) is 21.6. The summed E-state index contributed by atoms with van der Waals surface area (Å²) in [6, 6.07) is 13.0. The van der Waals surface area contributed by atoms with E-state index in [9.17, 15) is 9.59 Å². The monoisotopic (exact) mass is 402 g/mol. The van der Waals surface area contributed by atoms with Crippen molar-refractivity contribution >= 4 is 35.1 Å². The summed E-state index contributed by atoms with van der Waals surface area (Å²) in [7, 11) is 1.51. The fraction of sp³-hybridized carbons (Fsp3) is 0.333. The van der Waals surface area contributed by atoms with Crippen LogP contribution in [0.4, 0.5) is 16.2 Å². The minimum Gasteiger partial charge on any atom is -0.495 e. The van der Waals surface area contributed by atoms with Crippen molar-refractivity contribution in [2.24, 2.45) is 0 Å². The van der Waals surface area contributed by atoms with Gasteiger partial charge in [0, 0.05) is 10.6 Å². The van der Waals surface area contributed by atoms with Crippen LogP contribution in [0.15, 0.2) is 47.4 Å². The summed E-state index contributed by atoms with van der Waals surface area (Å²) in [4.78, 5) is 25.3. The average molecular weight is 403 g/mol. The molecule has 0 unspecified atom stereocenters. The lowest BCUT2D eigenvalue weighted by atomic mass is 10.2. The molecular weight excluding hydrogens is 376 g/mol. The summed E-state index contributed by atoms with van der Waals surface area (Å²) in [5.74, 6) is 0.612. The molecule has 150 valence electrons. The zero-order valence-corrected chi connectivity index (χ0v) is 17.6. The molecule has 0 atom stereocenters. The standard InChI is InChI=1S/C21H26N2O4S/c1-14-6-9-16(10-7-14)28-13-19(24)22-15-8-11-18(26-5)17(12-15)23-20(25)27-21(2,3)4/h6-12H,13H2,1-5H3,(H,22,24)(H,23,25). The van der Waals surface area contributed by atoms with E-state index in [2.05, 4.69) is 10.6 Å². The molecule has 0 aliphatic rings. The van der Waals surface area contributed by atoms with Crippen LogP contribution in [0, 0.1) is 6.92 Å². The molecule has 0 spiro atoms. The van der Waals surface area contributed by atoms with E-state index < -0.39 is 11.7 Å². The summed E-state index contributed by atoms with van der Waals surface area (Å²) in [6.45, 7) is 7.37. The Morgan fingerprint density at radius 2 is 1.71 bits per heavy atom. The number of amides is 2. The molecule has 0 fully saturated rings. The van der Waals surface area contributed by atoms with E-state index in [0.717, 1.165) is 4.90 Å². The number of anilines is 2. The van der Waals surface area contributed by atoms with Gasteiger partial charge in [0.15, 0.2) is 0 Å². The molecule has 0 radical (unpaired) electrons. The van der Waals surface area contributed by atoms with Gasteiger partial charge in [-0.25, -0.2) is 4.79 Å². The predicted octanol–water partition coefficient (Wildman–Crippen LogP) is 5.08. The maximum atomic E-state index is 12.3. The number of carbonyl (C=O) groups excluding carboxylic acids is 2. The third-order valence-corrected chi connectivity index (χ3v) is 4.52. The number of carbonyl (C=O) groups is 2. The molecule has 28 heavy (non-hydrogen) atoms. The van der Waals surface area contributed by atoms with E-state index in [-0.39, 0.29) is 11.7 Å². The summed E-state index contributed by atoms with van der Waals surface area (Å²) in [5.41, 5.74) is 1.54. The second kappa shape index (κ2) is 9.50. The lowest BCUT2D eigenvalue weighted by Crippen LogP contribution is -2.27. The maximum Gasteiger partial charge on any atom is 0.412 e. The van der Waals surface area contributed by atoms with Crippen LogP contribution in [0.1, 0.15) is 26.3 Å². The molecule has 0 heterocycles. The molecule has 0 aliphatic heterocycles. The third kappa shape index (κ3) is 7.15. The Hall–Kier alpha value is -2.67. The van der Waals surface area contributed by atoms with Gasteiger partial charge in [0.1, 0.15) is 11.4 Å². The summed E-state index contributed by atoms with van der Waals surface area (Å²) >= 11 is 1.46. The Kier molecular flexibility index (Phi) is 7.34. The van der Waals surface area contributed by atoms with E-state index in [4.69, 9.17) is 9.47 Å². The first-order chi connectivity index (χ1) is 13.2. The smallest absolute Gasteiger partial charge is 0.412 e. The molecule has 0 aliphatic carbocycles. The largest absolute Gasteiger partial charge is 0.495 e.